The Kier molecular flexibility index (Phi) is 7.26. The van der Waals surface area contributed by atoms with E-state index in [4.69, 9.17) is 21.4 Å². The Labute approximate surface area is 157 Å². The van der Waals surface area contributed by atoms with Gasteiger partial charge in [-0.25, -0.2) is 4.79 Å². The molecule has 6 nitrogen and oxygen atoms in total. The lowest BCUT2D eigenvalue weighted by Gasteiger charge is -2.21. The van der Waals surface area contributed by atoms with Gasteiger partial charge in [0, 0.05) is 11.1 Å². The van der Waals surface area contributed by atoms with Crippen molar-refractivity contribution in [3.8, 4) is 11.5 Å². The quantitative estimate of drug-likeness (QED) is 0.534. The maximum atomic E-state index is 10.5. The number of aliphatic hydroxyl groups is 1. The van der Waals surface area contributed by atoms with Gasteiger partial charge in [-0.2, -0.15) is 0 Å². The number of carbonyl (C=O) groups is 1. The number of rotatable bonds is 9. The van der Waals surface area contributed by atoms with Crippen LogP contribution in [0.2, 0.25) is 5.02 Å². The summed E-state index contributed by atoms with van der Waals surface area (Å²) in [6.45, 7) is 2.07. The topological polar surface area (TPSA) is 99.0 Å². The Morgan fingerprint density at radius 1 is 1.23 bits per heavy atom. The molecule has 0 aliphatic heterocycles. The number of phenols is 1. The molecule has 0 saturated heterocycles. The first-order chi connectivity index (χ1) is 12.4. The molecule has 0 amide bonds. The van der Waals surface area contributed by atoms with Crippen LogP contribution < -0.4 is 10.1 Å². The highest BCUT2D eigenvalue weighted by molar-refractivity contribution is 6.31. The van der Waals surface area contributed by atoms with Gasteiger partial charge in [0.2, 0.25) is 0 Å². The van der Waals surface area contributed by atoms with Crippen LogP contribution in [0.5, 0.6) is 11.5 Å². The smallest absolute Gasteiger partial charge is 0.341 e. The second-order valence-electron chi connectivity index (χ2n) is 5.96. The molecule has 140 valence electrons. The minimum absolute atomic E-state index is 0.159. The van der Waals surface area contributed by atoms with Gasteiger partial charge in [0.1, 0.15) is 11.5 Å². The zero-order valence-corrected chi connectivity index (χ0v) is 15.1. The summed E-state index contributed by atoms with van der Waals surface area (Å²) in [4.78, 5) is 10.5. The molecule has 26 heavy (non-hydrogen) atoms. The molecule has 0 spiro atoms. The number of halogens is 1. The summed E-state index contributed by atoms with van der Waals surface area (Å²) in [6.07, 6.45) is -0.0529. The number of hydrogen-bond donors (Lipinski definition) is 4. The van der Waals surface area contributed by atoms with Crippen LogP contribution in [0.1, 0.15) is 24.2 Å². The minimum Gasteiger partial charge on any atom is -0.508 e. The summed E-state index contributed by atoms with van der Waals surface area (Å²) in [5, 5.41) is 32.0. The fraction of sp³-hybridized carbons (Fsp3) is 0.316. The van der Waals surface area contributed by atoms with Crippen molar-refractivity contribution < 1.29 is 24.9 Å². The van der Waals surface area contributed by atoms with E-state index in [0.29, 0.717) is 23.7 Å². The van der Waals surface area contributed by atoms with E-state index in [0.717, 1.165) is 11.1 Å². The maximum Gasteiger partial charge on any atom is 0.341 e. The molecule has 2 aromatic carbocycles. The molecule has 0 heterocycles. The molecule has 0 radical (unpaired) electrons. The molecular weight excluding hydrogens is 358 g/mol. The first kappa shape index (κ1) is 20.0. The molecule has 0 aliphatic rings. The van der Waals surface area contributed by atoms with Gasteiger partial charge in [0.15, 0.2) is 6.61 Å². The van der Waals surface area contributed by atoms with Crippen LogP contribution >= 0.6 is 11.6 Å². The molecule has 2 unspecified atom stereocenters. The van der Waals surface area contributed by atoms with E-state index in [1.54, 1.807) is 42.5 Å². The molecular formula is C19H22ClNO5. The SMILES string of the molecule is CC(NCCc1ccc(OCC(=O)O)cc1Cl)C(O)c1ccc(O)cc1. The number of aromatic hydroxyl groups is 1. The number of aliphatic carboxylic acids is 1. The molecule has 2 rings (SSSR count). The van der Waals surface area contributed by atoms with Crippen LogP contribution in [-0.2, 0) is 11.2 Å². The van der Waals surface area contributed by atoms with Gasteiger partial charge in [-0.15, -0.1) is 0 Å². The summed E-state index contributed by atoms with van der Waals surface area (Å²) in [6, 6.07) is 11.3. The van der Waals surface area contributed by atoms with Gasteiger partial charge in [-0.3, -0.25) is 0 Å². The largest absolute Gasteiger partial charge is 0.508 e. The van der Waals surface area contributed by atoms with Crippen LogP contribution in [0.3, 0.4) is 0 Å². The third-order valence-electron chi connectivity index (χ3n) is 3.96. The van der Waals surface area contributed by atoms with Gasteiger partial charge in [-0.1, -0.05) is 29.8 Å². The number of benzene rings is 2. The molecule has 0 aliphatic carbocycles. The van der Waals surface area contributed by atoms with E-state index < -0.39 is 18.7 Å². The summed E-state index contributed by atoms with van der Waals surface area (Å²) in [7, 11) is 0. The Morgan fingerprint density at radius 2 is 1.92 bits per heavy atom. The average molecular weight is 380 g/mol. The van der Waals surface area contributed by atoms with Crippen molar-refractivity contribution in [2.45, 2.75) is 25.5 Å². The fourth-order valence-electron chi connectivity index (χ4n) is 2.47. The van der Waals surface area contributed by atoms with Crippen LogP contribution in [0, 0.1) is 0 Å². The van der Waals surface area contributed by atoms with E-state index >= 15 is 0 Å². The van der Waals surface area contributed by atoms with Crippen LogP contribution in [0.15, 0.2) is 42.5 Å². The summed E-state index contributed by atoms with van der Waals surface area (Å²) < 4.78 is 5.08. The monoisotopic (exact) mass is 379 g/mol. The van der Waals surface area contributed by atoms with Gasteiger partial charge < -0.3 is 25.4 Å². The van der Waals surface area contributed by atoms with E-state index in [1.165, 1.54) is 0 Å². The lowest BCUT2D eigenvalue weighted by Crippen LogP contribution is -2.33. The number of ether oxygens (including phenoxy) is 1. The predicted molar refractivity (Wildman–Crippen MR) is 98.8 cm³/mol. The van der Waals surface area contributed by atoms with Crippen molar-refractivity contribution >= 4 is 17.6 Å². The summed E-state index contributed by atoms with van der Waals surface area (Å²) >= 11 is 6.21. The van der Waals surface area contributed by atoms with Crippen LogP contribution in [-0.4, -0.2) is 40.5 Å². The van der Waals surface area contributed by atoms with Crippen molar-refractivity contribution in [1.29, 1.82) is 0 Å². The number of carboxylic acid groups (broad SMARTS) is 1. The fourth-order valence-corrected chi connectivity index (χ4v) is 2.74. The zero-order chi connectivity index (χ0) is 19.1. The number of hydrogen-bond acceptors (Lipinski definition) is 5. The number of aliphatic hydroxyl groups excluding tert-OH is 1. The molecule has 7 heteroatoms. The first-order valence-electron chi connectivity index (χ1n) is 8.20. The van der Waals surface area contributed by atoms with Gasteiger partial charge in [0.05, 0.1) is 6.10 Å². The van der Waals surface area contributed by atoms with Crippen molar-refractivity contribution in [1.82, 2.24) is 5.32 Å². The lowest BCUT2D eigenvalue weighted by molar-refractivity contribution is -0.139. The molecule has 4 N–H and O–H groups in total. The number of nitrogens with one attached hydrogen (secondary N) is 1. The van der Waals surface area contributed by atoms with Crippen molar-refractivity contribution in [3.05, 3.63) is 58.6 Å². The molecule has 0 fully saturated rings. The third-order valence-corrected chi connectivity index (χ3v) is 4.31. The van der Waals surface area contributed by atoms with Crippen molar-refractivity contribution in [3.63, 3.8) is 0 Å². The van der Waals surface area contributed by atoms with Crippen LogP contribution in [0.4, 0.5) is 0 Å². The highest BCUT2D eigenvalue weighted by atomic mass is 35.5. The average Bonchev–Trinajstić information content (AvgIpc) is 2.61. The highest BCUT2D eigenvalue weighted by Crippen LogP contribution is 2.23. The minimum atomic E-state index is -1.05. The number of phenolic OH excluding ortho intramolecular Hbond substituents is 1. The predicted octanol–water partition coefficient (Wildman–Crippen LogP) is 2.76. The Morgan fingerprint density at radius 3 is 2.54 bits per heavy atom. The standard InChI is InChI=1S/C19H22ClNO5/c1-12(19(25)14-2-5-15(22)6-3-14)21-9-8-13-4-7-16(10-17(13)20)26-11-18(23)24/h2-7,10,12,19,21-22,25H,8-9,11H2,1H3,(H,23,24). The van der Waals surface area contributed by atoms with Crippen LogP contribution in [0.25, 0.3) is 0 Å². The molecule has 2 atom stereocenters. The van der Waals surface area contributed by atoms with E-state index in [2.05, 4.69) is 5.32 Å². The van der Waals surface area contributed by atoms with E-state index in [1.807, 2.05) is 6.92 Å². The first-order valence-corrected chi connectivity index (χ1v) is 8.58. The van der Waals surface area contributed by atoms with Gasteiger partial charge in [-0.05, 0) is 55.3 Å². The van der Waals surface area contributed by atoms with E-state index in [-0.39, 0.29) is 11.8 Å². The van der Waals surface area contributed by atoms with Crippen molar-refractivity contribution in [2.75, 3.05) is 13.2 Å². The van der Waals surface area contributed by atoms with Gasteiger partial charge >= 0.3 is 5.97 Å². The number of carboxylic acids is 1. The van der Waals surface area contributed by atoms with Crippen molar-refractivity contribution in [2.24, 2.45) is 0 Å². The summed E-state index contributed by atoms with van der Waals surface area (Å²) in [5.41, 5.74) is 1.62. The molecule has 0 saturated carbocycles. The second kappa shape index (κ2) is 9.43. The normalized spacial score (nSPS) is 13.2. The Hall–Kier alpha value is -2.28. The Bertz CT molecular complexity index is 735. The second-order valence-corrected chi connectivity index (χ2v) is 6.37. The lowest BCUT2D eigenvalue weighted by atomic mass is 10.0. The molecule has 0 aromatic heterocycles. The zero-order valence-electron chi connectivity index (χ0n) is 14.4. The highest BCUT2D eigenvalue weighted by Gasteiger charge is 2.16. The molecule has 0 bridgehead atoms. The van der Waals surface area contributed by atoms with Gasteiger partial charge in [0.25, 0.3) is 0 Å². The Balaban J connectivity index is 1.84. The third kappa shape index (κ3) is 5.91. The van der Waals surface area contributed by atoms with E-state index in [9.17, 15) is 15.0 Å². The molecule has 2 aromatic rings. The maximum absolute atomic E-state index is 10.5. The summed E-state index contributed by atoms with van der Waals surface area (Å²) in [5.74, 6) is -0.479.